The van der Waals surface area contributed by atoms with Crippen molar-refractivity contribution >= 4 is 5.97 Å². The second-order valence-corrected chi connectivity index (χ2v) is 4.48. The molecule has 0 saturated heterocycles. The molecular weight excluding hydrogens is 242 g/mol. The van der Waals surface area contributed by atoms with Gasteiger partial charge in [0, 0.05) is 18.9 Å². The van der Waals surface area contributed by atoms with Gasteiger partial charge in [-0.15, -0.1) is 0 Å². The molecule has 1 N–H and O–H groups in total. The third kappa shape index (κ3) is 3.23. The van der Waals surface area contributed by atoms with E-state index in [9.17, 15) is 9.90 Å². The van der Waals surface area contributed by atoms with Crippen molar-refractivity contribution in [3.8, 4) is 0 Å². The molecule has 0 fully saturated rings. The van der Waals surface area contributed by atoms with Crippen LogP contribution in [0, 0.1) is 0 Å². The average Bonchev–Trinajstić information content (AvgIpc) is 2.87. The molecule has 2 rings (SSSR count). The van der Waals surface area contributed by atoms with E-state index in [2.05, 4.69) is 4.74 Å². The van der Waals surface area contributed by atoms with Gasteiger partial charge in [-0.25, -0.2) is 4.79 Å². The highest BCUT2D eigenvalue weighted by molar-refractivity contribution is 5.89. The molecule has 0 amide bonds. The Kier molecular flexibility index (Phi) is 4.02. The summed E-state index contributed by atoms with van der Waals surface area (Å²) in [4.78, 5) is 11.3. The predicted molar refractivity (Wildman–Crippen MR) is 71.9 cm³/mol. The van der Waals surface area contributed by atoms with Gasteiger partial charge in [-0.3, -0.25) is 0 Å². The third-order valence-corrected chi connectivity index (χ3v) is 3.00. The average molecular weight is 259 g/mol. The highest BCUT2D eigenvalue weighted by Gasteiger charge is 2.06. The number of ether oxygens (including phenoxy) is 1. The molecule has 0 aliphatic rings. The molecule has 2 aromatic rings. The topological polar surface area (TPSA) is 51.5 Å². The van der Waals surface area contributed by atoms with E-state index in [4.69, 9.17) is 0 Å². The molecular formula is C15H17NO3. The lowest BCUT2D eigenvalue weighted by atomic mass is 10.1. The normalized spacial score (nSPS) is 12.2. The molecule has 0 saturated carbocycles. The zero-order valence-corrected chi connectivity index (χ0v) is 11.0. The Balaban J connectivity index is 2.08. The Hall–Kier alpha value is -2.07. The summed E-state index contributed by atoms with van der Waals surface area (Å²) >= 11 is 0. The fourth-order valence-electron chi connectivity index (χ4n) is 1.88. The van der Waals surface area contributed by atoms with Crippen LogP contribution in [-0.4, -0.2) is 22.8 Å². The van der Waals surface area contributed by atoms with Crippen molar-refractivity contribution in [2.45, 2.75) is 19.6 Å². The number of hydrogen-bond donors (Lipinski definition) is 1. The van der Waals surface area contributed by atoms with E-state index >= 15 is 0 Å². The Morgan fingerprint density at radius 2 is 2.00 bits per heavy atom. The molecule has 0 aliphatic carbocycles. The first-order valence-electron chi connectivity index (χ1n) is 6.11. The minimum absolute atomic E-state index is 0.330. The Morgan fingerprint density at radius 3 is 2.53 bits per heavy atom. The van der Waals surface area contributed by atoms with Gasteiger partial charge in [-0.1, -0.05) is 12.1 Å². The number of rotatable bonds is 4. The van der Waals surface area contributed by atoms with Crippen molar-refractivity contribution in [3.63, 3.8) is 0 Å². The Morgan fingerprint density at radius 1 is 1.32 bits per heavy atom. The van der Waals surface area contributed by atoms with Crippen molar-refractivity contribution in [1.29, 1.82) is 0 Å². The van der Waals surface area contributed by atoms with Gasteiger partial charge < -0.3 is 14.4 Å². The van der Waals surface area contributed by atoms with Crippen LogP contribution in [-0.2, 0) is 11.3 Å². The van der Waals surface area contributed by atoms with Crippen molar-refractivity contribution < 1.29 is 14.6 Å². The van der Waals surface area contributed by atoms with Crippen molar-refractivity contribution in [1.82, 2.24) is 4.57 Å². The molecule has 1 atom stereocenters. The number of nitrogens with zero attached hydrogens (tertiary/aromatic N) is 1. The largest absolute Gasteiger partial charge is 0.465 e. The SMILES string of the molecule is COC(=O)c1ccc(Cn2ccc(C(C)O)c2)cc1. The number of benzene rings is 1. The molecule has 0 radical (unpaired) electrons. The van der Waals surface area contributed by atoms with Gasteiger partial charge >= 0.3 is 5.97 Å². The number of hydrogen-bond acceptors (Lipinski definition) is 3. The monoisotopic (exact) mass is 259 g/mol. The zero-order valence-electron chi connectivity index (χ0n) is 11.0. The second-order valence-electron chi connectivity index (χ2n) is 4.48. The third-order valence-electron chi connectivity index (χ3n) is 3.00. The van der Waals surface area contributed by atoms with Gasteiger partial charge in [-0.2, -0.15) is 0 Å². The van der Waals surface area contributed by atoms with E-state index in [-0.39, 0.29) is 5.97 Å². The van der Waals surface area contributed by atoms with E-state index in [1.54, 1.807) is 19.1 Å². The number of carbonyl (C=O) groups excluding carboxylic acids is 1. The lowest BCUT2D eigenvalue weighted by Crippen LogP contribution is -2.02. The van der Waals surface area contributed by atoms with Crippen molar-refractivity contribution in [2.24, 2.45) is 0 Å². The predicted octanol–water partition coefficient (Wildman–Crippen LogP) is 2.38. The second kappa shape index (κ2) is 5.71. The fourth-order valence-corrected chi connectivity index (χ4v) is 1.88. The lowest BCUT2D eigenvalue weighted by Gasteiger charge is -2.05. The van der Waals surface area contributed by atoms with E-state index in [1.165, 1.54) is 7.11 Å². The summed E-state index contributed by atoms with van der Waals surface area (Å²) in [6.45, 7) is 2.44. The van der Waals surface area contributed by atoms with Crippen LogP contribution in [0.1, 0.15) is 34.5 Å². The van der Waals surface area contributed by atoms with E-state index in [0.717, 1.165) is 11.1 Å². The molecule has 1 unspecified atom stereocenters. The number of methoxy groups -OCH3 is 1. The summed E-state index contributed by atoms with van der Waals surface area (Å²) in [6.07, 6.45) is 3.39. The first kappa shape index (κ1) is 13.4. The van der Waals surface area contributed by atoms with Crippen LogP contribution in [0.5, 0.6) is 0 Å². The van der Waals surface area contributed by atoms with Crippen LogP contribution in [0.4, 0.5) is 0 Å². The standard InChI is InChI=1S/C15H17NO3/c1-11(17)14-7-8-16(10-14)9-12-3-5-13(6-4-12)15(18)19-2/h3-8,10-11,17H,9H2,1-2H3. The maximum Gasteiger partial charge on any atom is 0.337 e. The van der Waals surface area contributed by atoms with Crippen LogP contribution < -0.4 is 0 Å². The van der Waals surface area contributed by atoms with Gasteiger partial charge in [0.1, 0.15) is 0 Å². The van der Waals surface area contributed by atoms with Crippen molar-refractivity contribution in [3.05, 3.63) is 59.4 Å². The summed E-state index contributed by atoms with van der Waals surface area (Å²) in [5.41, 5.74) is 2.52. The highest BCUT2D eigenvalue weighted by atomic mass is 16.5. The summed E-state index contributed by atoms with van der Waals surface area (Å²) in [5.74, 6) is -0.330. The maximum atomic E-state index is 11.3. The number of esters is 1. The van der Waals surface area contributed by atoms with Gasteiger partial charge in [0.15, 0.2) is 0 Å². The van der Waals surface area contributed by atoms with Crippen LogP contribution in [0.2, 0.25) is 0 Å². The molecule has 1 aromatic carbocycles. The number of aromatic nitrogens is 1. The summed E-state index contributed by atoms with van der Waals surface area (Å²) in [5, 5.41) is 9.46. The smallest absolute Gasteiger partial charge is 0.337 e. The fraction of sp³-hybridized carbons (Fsp3) is 0.267. The number of carbonyl (C=O) groups is 1. The van der Waals surface area contributed by atoms with Gasteiger partial charge in [0.25, 0.3) is 0 Å². The molecule has 4 nitrogen and oxygen atoms in total. The first-order valence-corrected chi connectivity index (χ1v) is 6.11. The molecule has 1 heterocycles. The maximum absolute atomic E-state index is 11.3. The molecule has 1 aromatic heterocycles. The molecule has 19 heavy (non-hydrogen) atoms. The first-order chi connectivity index (χ1) is 9.10. The summed E-state index contributed by atoms with van der Waals surface area (Å²) in [7, 11) is 1.37. The van der Waals surface area contributed by atoms with Crippen molar-refractivity contribution in [2.75, 3.05) is 7.11 Å². The lowest BCUT2D eigenvalue weighted by molar-refractivity contribution is 0.0600. The highest BCUT2D eigenvalue weighted by Crippen LogP contribution is 2.14. The number of aliphatic hydroxyl groups is 1. The summed E-state index contributed by atoms with van der Waals surface area (Å²) in [6, 6.07) is 9.19. The minimum Gasteiger partial charge on any atom is -0.465 e. The molecule has 4 heteroatoms. The molecule has 0 aliphatic heterocycles. The van der Waals surface area contributed by atoms with E-state index < -0.39 is 6.10 Å². The zero-order chi connectivity index (χ0) is 13.8. The number of aliphatic hydroxyl groups excluding tert-OH is 1. The van der Waals surface area contributed by atoms with Crippen LogP contribution in [0.15, 0.2) is 42.7 Å². The van der Waals surface area contributed by atoms with Crippen LogP contribution in [0.25, 0.3) is 0 Å². The van der Waals surface area contributed by atoms with E-state index in [1.807, 2.05) is 35.2 Å². The van der Waals surface area contributed by atoms with Gasteiger partial charge in [0.2, 0.25) is 0 Å². The Labute approximate surface area is 112 Å². The van der Waals surface area contributed by atoms with E-state index in [0.29, 0.717) is 12.1 Å². The van der Waals surface area contributed by atoms with Gasteiger partial charge in [0.05, 0.1) is 18.8 Å². The Bertz CT molecular complexity index is 555. The molecule has 100 valence electrons. The van der Waals surface area contributed by atoms with Crippen LogP contribution in [0.3, 0.4) is 0 Å². The van der Waals surface area contributed by atoms with Crippen LogP contribution >= 0.6 is 0 Å². The van der Waals surface area contributed by atoms with Gasteiger partial charge in [-0.05, 0) is 36.2 Å². The molecule has 0 bridgehead atoms. The minimum atomic E-state index is -0.456. The quantitative estimate of drug-likeness (QED) is 0.858. The summed E-state index contributed by atoms with van der Waals surface area (Å²) < 4.78 is 6.65. The molecule has 0 spiro atoms.